The molecule has 8 aromatic carbocycles. The van der Waals surface area contributed by atoms with Gasteiger partial charge in [-0.15, -0.1) is 0 Å². The second-order valence-corrected chi connectivity index (χ2v) is 9.85. The molecule has 0 unspecified atom stereocenters. The van der Waals surface area contributed by atoms with E-state index in [0.29, 0.717) is 16.5 Å². The van der Waals surface area contributed by atoms with Crippen LogP contribution in [0.25, 0.3) is 91.0 Å². The van der Waals surface area contributed by atoms with Crippen LogP contribution >= 0.6 is 0 Å². The Morgan fingerprint density at radius 1 is 0.528 bits per heavy atom. The van der Waals surface area contributed by atoms with Crippen molar-refractivity contribution in [2.45, 2.75) is 0 Å². The monoisotopic (exact) mass is 458 g/mol. The third-order valence-electron chi connectivity index (χ3n) is 8.41. The molecule has 36 heavy (non-hydrogen) atoms. The SMILES string of the molecule is [C-]#[N+]c1cc2c3ccccc3c3c4c(=O)n(C)c(=O)c4c4c5ccccc5c5ccc1c1c5c4c3c21. The van der Waals surface area contributed by atoms with Crippen LogP contribution in [0.2, 0.25) is 0 Å². The number of hydrogen-bond acceptors (Lipinski definition) is 2. The molecule has 0 spiro atoms. The second-order valence-electron chi connectivity index (χ2n) is 9.85. The Morgan fingerprint density at radius 2 is 0.944 bits per heavy atom. The molecule has 0 radical (unpaired) electrons. The zero-order valence-electron chi connectivity index (χ0n) is 19.1. The lowest BCUT2D eigenvalue weighted by atomic mass is 9.88. The van der Waals surface area contributed by atoms with Crippen LogP contribution in [-0.2, 0) is 7.05 Å². The van der Waals surface area contributed by atoms with Crippen LogP contribution in [0.4, 0.5) is 5.69 Å². The van der Waals surface area contributed by atoms with Crippen molar-refractivity contribution in [3.05, 3.63) is 98.9 Å². The fourth-order valence-electron chi connectivity index (χ4n) is 7.06. The van der Waals surface area contributed by atoms with Crippen molar-refractivity contribution < 1.29 is 0 Å². The van der Waals surface area contributed by atoms with Crippen molar-refractivity contribution in [1.29, 1.82) is 0 Å². The molecule has 0 aliphatic carbocycles. The molecule has 0 fully saturated rings. The average molecular weight is 458 g/mol. The minimum Gasteiger partial charge on any atom is -0.277 e. The van der Waals surface area contributed by atoms with Crippen molar-refractivity contribution in [1.82, 2.24) is 4.57 Å². The maximum absolute atomic E-state index is 13.7. The van der Waals surface area contributed by atoms with Gasteiger partial charge >= 0.3 is 0 Å². The Balaban J connectivity index is 1.90. The number of fused-ring (bicyclic) bond motifs is 9. The van der Waals surface area contributed by atoms with Gasteiger partial charge in [0.05, 0.1) is 17.3 Å². The molecule has 0 atom stereocenters. The van der Waals surface area contributed by atoms with E-state index in [9.17, 15) is 9.59 Å². The smallest absolute Gasteiger partial charge is 0.261 e. The summed E-state index contributed by atoms with van der Waals surface area (Å²) < 4.78 is 1.26. The first-order valence-electron chi connectivity index (χ1n) is 11.9. The standard InChI is InChI=1S/C32H14N2O2/c1-33-21-13-20-15-8-4-6-10-17(15)24-28-26(20)25-19(21)12-11-18-14-7-3-5-9-16(14)23(27(28)22(18)25)29-30(24)32(36)34(2)31(29)35/h3-13H,2H3. The van der Waals surface area contributed by atoms with Crippen molar-refractivity contribution >= 4 is 91.9 Å². The van der Waals surface area contributed by atoms with Gasteiger partial charge in [0.1, 0.15) is 0 Å². The van der Waals surface area contributed by atoms with Crippen LogP contribution in [0.15, 0.2) is 76.3 Å². The number of aromatic nitrogens is 1. The Hall–Kier alpha value is -5.01. The molecule has 0 saturated carbocycles. The molecule has 0 amide bonds. The lowest BCUT2D eigenvalue weighted by Crippen LogP contribution is -2.21. The van der Waals surface area contributed by atoms with E-state index in [1.54, 1.807) is 7.05 Å². The number of benzene rings is 7. The van der Waals surface area contributed by atoms with Gasteiger partial charge in [-0.2, -0.15) is 0 Å². The molecule has 1 heterocycles. The topological polar surface area (TPSA) is 43.4 Å². The van der Waals surface area contributed by atoms with Gasteiger partial charge in [-0.05, 0) is 59.9 Å². The summed E-state index contributed by atoms with van der Waals surface area (Å²) in [7, 11) is 1.58. The summed E-state index contributed by atoms with van der Waals surface area (Å²) >= 11 is 0. The lowest BCUT2D eigenvalue weighted by molar-refractivity contribution is 0.857. The van der Waals surface area contributed by atoms with Crippen LogP contribution in [0, 0.1) is 6.57 Å². The predicted molar refractivity (Wildman–Crippen MR) is 149 cm³/mol. The molecule has 164 valence electrons. The van der Waals surface area contributed by atoms with Crippen LogP contribution in [0.5, 0.6) is 0 Å². The van der Waals surface area contributed by atoms with Crippen molar-refractivity contribution in [3.63, 3.8) is 0 Å². The van der Waals surface area contributed by atoms with Gasteiger partial charge in [-0.25, -0.2) is 4.85 Å². The van der Waals surface area contributed by atoms with Crippen molar-refractivity contribution in [2.24, 2.45) is 7.05 Å². The van der Waals surface area contributed by atoms with Gasteiger partial charge in [0.2, 0.25) is 0 Å². The molecular weight excluding hydrogens is 444 g/mol. The van der Waals surface area contributed by atoms with Crippen LogP contribution < -0.4 is 11.1 Å². The van der Waals surface area contributed by atoms with Crippen LogP contribution in [0.1, 0.15) is 0 Å². The van der Waals surface area contributed by atoms with E-state index in [1.807, 2.05) is 36.4 Å². The molecule has 4 nitrogen and oxygen atoms in total. The first-order chi connectivity index (χ1) is 17.6. The Bertz CT molecular complexity index is 2520. The fourth-order valence-corrected chi connectivity index (χ4v) is 7.06. The highest BCUT2D eigenvalue weighted by Gasteiger charge is 2.30. The van der Waals surface area contributed by atoms with Gasteiger partial charge in [0.25, 0.3) is 11.1 Å². The van der Waals surface area contributed by atoms with Crippen molar-refractivity contribution in [2.75, 3.05) is 0 Å². The summed E-state index contributed by atoms with van der Waals surface area (Å²) in [6, 6.07) is 22.4. The first-order valence-corrected chi connectivity index (χ1v) is 11.9. The molecule has 1 aromatic heterocycles. The van der Waals surface area contributed by atoms with E-state index in [-0.39, 0.29) is 11.1 Å². The lowest BCUT2D eigenvalue weighted by Gasteiger charge is -2.13. The van der Waals surface area contributed by atoms with E-state index in [2.05, 4.69) is 35.2 Å². The maximum Gasteiger partial charge on any atom is 0.261 e. The quantitative estimate of drug-likeness (QED) is 0.177. The molecule has 0 aliphatic heterocycles. The highest BCUT2D eigenvalue weighted by atomic mass is 16.2. The van der Waals surface area contributed by atoms with E-state index in [1.165, 1.54) is 4.57 Å². The Labute approximate surface area is 202 Å². The predicted octanol–water partition coefficient (Wildman–Crippen LogP) is 7.27. The average Bonchev–Trinajstić information content (AvgIpc) is 3.39. The summed E-state index contributed by atoms with van der Waals surface area (Å²) in [6.07, 6.45) is 0. The summed E-state index contributed by atoms with van der Waals surface area (Å²) in [5, 5.41) is 15.1. The summed E-state index contributed by atoms with van der Waals surface area (Å²) in [4.78, 5) is 31.3. The first kappa shape index (κ1) is 18.3. The summed E-state index contributed by atoms with van der Waals surface area (Å²) in [6.45, 7) is 7.96. The zero-order chi connectivity index (χ0) is 24.0. The van der Waals surface area contributed by atoms with Gasteiger partial charge in [0.15, 0.2) is 5.69 Å². The highest BCUT2D eigenvalue weighted by Crippen LogP contribution is 2.55. The molecule has 9 rings (SSSR count). The maximum atomic E-state index is 13.7. The minimum absolute atomic E-state index is 0.254. The largest absolute Gasteiger partial charge is 0.277 e. The third kappa shape index (κ3) is 1.69. The number of hydrogen-bond donors (Lipinski definition) is 0. The third-order valence-corrected chi connectivity index (χ3v) is 8.41. The normalized spacial score (nSPS) is 12.8. The molecule has 4 heteroatoms. The summed E-state index contributed by atoms with van der Waals surface area (Å²) in [5.41, 5.74) is 0.114. The van der Waals surface area contributed by atoms with Crippen LogP contribution in [0.3, 0.4) is 0 Å². The Morgan fingerprint density at radius 3 is 1.53 bits per heavy atom. The highest BCUT2D eigenvalue weighted by molar-refractivity contribution is 6.55. The van der Waals surface area contributed by atoms with Gasteiger partial charge < -0.3 is 0 Å². The summed E-state index contributed by atoms with van der Waals surface area (Å²) in [5.74, 6) is 0. The van der Waals surface area contributed by atoms with Gasteiger partial charge in [-0.1, -0.05) is 60.7 Å². The van der Waals surface area contributed by atoms with Gasteiger partial charge in [-0.3, -0.25) is 14.2 Å². The fraction of sp³-hybridized carbons (Fsp3) is 0.0312. The molecule has 9 aromatic rings. The van der Waals surface area contributed by atoms with Crippen LogP contribution in [-0.4, -0.2) is 4.57 Å². The minimum atomic E-state index is -0.254. The molecule has 0 N–H and O–H groups in total. The number of nitrogens with zero attached hydrogens (tertiary/aromatic N) is 2. The van der Waals surface area contributed by atoms with E-state index in [0.717, 1.165) is 75.4 Å². The van der Waals surface area contributed by atoms with E-state index in [4.69, 9.17) is 6.57 Å². The molecule has 0 aliphatic rings. The Kier molecular flexibility index (Phi) is 2.86. The zero-order valence-corrected chi connectivity index (χ0v) is 19.1. The van der Waals surface area contributed by atoms with Gasteiger partial charge in [0, 0.05) is 28.6 Å². The van der Waals surface area contributed by atoms with E-state index >= 15 is 0 Å². The van der Waals surface area contributed by atoms with E-state index < -0.39 is 0 Å². The molecule has 0 saturated heterocycles. The molecule has 0 bridgehead atoms. The molecular formula is C32H14N2O2. The second kappa shape index (κ2) is 5.62. The van der Waals surface area contributed by atoms with Crippen molar-refractivity contribution in [3.8, 4) is 0 Å². The number of rotatable bonds is 0.